The van der Waals surface area contributed by atoms with E-state index in [2.05, 4.69) is 11.9 Å². The van der Waals surface area contributed by atoms with Crippen LogP contribution in [-0.4, -0.2) is 28.9 Å². The molecular weight excluding hydrogens is 528 g/mol. The first kappa shape index (κ1) is 26.4. The number of hydrogen-bond acceptors (Lipinski definition) is 5. The zero-order valence-electron chi connectivity index (χ0n) is 21.1. The summed E-state index contributed by atoms with van der Waals surface area (Å²) < 4.78 is 34.8. The quantitative estimate of drug-likeness (QED) is 0.264. The van der Waals surface area contributed by atoms with Gasteiger partial charge < -0.3 is 15.4 Å². The summed E-state index contributed by atoms with van der Waals surface area (Å²) >= 11 is 7.43. The molecule has 1 aliphatic rings. The fourth-order valence-corrected chi connectivity index (χ4v) is 6.63. The number of carbonyl (C=O) groups is 1. The van der Waals surface area contributed by atoms with E-state index in [-0.39, 0.29) is 38.5 Å². The Morgan fingerprint density at radius 1 is 1.11 bits per heavy atom. The van der Waals surface area contributed by atoms with E-state index in [1.165, 1.54) is 0 Å². The molecule has 0 unspecified atom stereocenters. The number of rotatable bonds is 6. The summed E-state index contributed by atoms with van der Waals surface area (Å²) in [6, 6.07) is 11.4. The van der Waals surface area contributed by atoms with Crippen LogP contribution in [-0.2, 0) is 6.54 Å². The van der Waals surface area contributed by atoms with Crippen molar-refractivity contribution >= 4 is 44.7 Å². The minimum absolute atomic E-state index is 0.0405. The number of ether oxygens (including phenoxy) is 1. The fraction of sp³-hybridized carbons (Fsp3) is 0.310. The summed E-state index contributed by atoms with van der Waals surface area (Å²) in [4.78, 5) is 20.2. The summed E-state index contributed by atoms with van der Waals surface area (Å²) in [6.45, 7) is 2.47. The molecule has 5 nitrogen and oxygen atoms in total. The average molecular weight is 556 g/mol. The zero-order valence-corrected chi connectivity index (χ0v) is 22.7. The van der Waals surface area contributed by atoms with Crippen LogP contribution < -0.4 is 10.5 Å². The van der Waals surface area contributed by atoms with E-state index < -0.39 is 11.6 Å². The Morgan fingerprint density at radius 2 is 1.82 bits per heavy atom. The van der Waals surface area contributed by atoms with E-state index >= 15 is 0 Å². The molecule has 2 N–H and O–H groups in total. The molecule has 4 aromatic rings. The number of halogens is 3. The Bertz CT molecular complexity index is 1480. The van der Waals surface area contributed by atoms with E-state index in [0.717, 1.165) is 65.8 Å². The number of anilines is 1. The molecule has 0 aliphatic heterocycles. The molecule has 0 spiro atoms. The summed E-state index contributed by atoms with van der Waals surface area (Å²) in [7, 11) is 1.59. The van der Waals surface area contributed by atoms with Gasteiger partial charge in [0.2, 0.25) is 0 Å². The van der Waals surface area contributed by atoms with Crippen molar-refractivity contribution in [2.75, 3.05) is 12.8 Å². The van der Waals surface area contributed by atoms with E-state index in [9.17, 15) is 13.6 Å². The number of aromatic nitrogens is 1. The molecule has 0 bridgehead atoms. The van der Waals surface area contributed by atoms with Gasteiger partial charge in [0.15, 0.2) is 0 Å². The van der Waals surface area contributed by atoms with E-state index in [4.69, 9.17) is 22.1 Å². The number of nitrogens with two attached hydrogens (primary N) is 1. The number of methoxy groups -OCH3 is 1. The topological polar surface area (TPSA) is 68.5 Å². The highest BCUT2D eigenvalue weighted by molar-refractivity contribution is 7.21. The number of fused-ring (bicyclic) bond motifs is 1. The third kappa shape index (κ3) is 5.07. The van der Waals surface area contributed by atoms with Gasteiger partial charge in [0, 0.05) is 29.9 Å². The molecule has 0 radical (unpaired) electrons. The standard InChI is InChI=1S/C29H28ClF2N3O2S/c1-16-3-7-20(8-4-16)35(29(36)28-26(30)25-21(31)9-10-22(32)27(25)38-28)15-19-13-17(5-11-23(19)37-2)18-6-12-24(33)34-14-18/h5-6,9-14,16,20H,3-4,7-8,15H2,1-2H3,(H2,33,34). The van der Waals surface area contributed by atoms with Crippen molar-refractivity contribution < 1.29 is 18.3 Å². The number of nitrogens with zero attached hydrogens (tertiary/aromatic N) is 2. The Morgan fingerprint density at radius 3 is 2.47 bits per heavy atom. The van der Waals surface area contributed by atoms with Crippen LogP contribution in [0.3, 0.4) is 0 Å². The lowest BCUT2D eigenvalue weighted by atomic mass is 9.86. The van der Waals surface area contributed by atoms with Crippen LogP contribution in [0, 0.1) is 17.6 Å². The summed E-state index contributed by atoms with van der Waals surface area (Å²) in [5.41, 5.74) is 8.35. The molecule has 2 heterocycles. The highest BCUT2D eigenvalue weighted by atomic mass is 35.5. The van der Waals surface area contributed by atoms with Gasteiger partial charge >= 0.3 is 0 Å². The molecule has 0 atom stereocenters. The van der Waals surface area contributed by atoms with Crippen molar-refractivity contribution in [1.29, 1.82) is 0 Å². The van der Waals surface area contributed by atoms with Crippen molar-refractivity contribution in [2.24, 2.45) is 5.92 Å². The number of carbonyl (C=O) groups excluding carboxylic acids is 1. The monoisotopic (exact) mass is 555 g/mol. The highest BCUT2D eigenvalue weighted by Crippen LogP contribution is 2.41. The summed E-state index contributed by atoms with van der Waals surface area (Å²) in [5.74, 6) is 0.0620. The van der Waals surface area contributed by atoms with Crippen molar-refractivity contribution in [3.05, 3.63) is 75.8 Å². The van der Waals surface area contributed by atoms with Gasteiger partial charge in [-0.05, 0) is 73.6 Å². The molecule has 2 aromatic carbocycles. The molecule has 38 heavy (non-hydrogen) atoms. The van der Waals surface area contributed by atoms with Gasteiger partial charge in [-0.3, -0.25) is 4.79 Å². The Kier molecular flexibility index (Phi) is 7.54. The van der Waals surface area contributed by atoms with Crippen LogP contribution in [0.4, 0.5) is 14.6 Å². The second-order valence-corrected chi connectivity index (χ2v) is 11.2. The third-order valence-electron chi connectivity index (χ3n) is 7.30. The SMILES string of the molecule is COc1ccc(-c2ccc(N)nc2)cc1CN(C(=O)c1sc2c(F)ccc(F)c2c1Cl)C1CCC(C)CC1. The van der Waals surface area contributed by atoms with Crippen LogP contribution in [0.25, 0.3) is 21.2 Å². The molecule has 1 aliphatic carbocycles. The van der Waals surface area contributed by atoms with Crippen molar-refractivity contribution in [1.82, 2.24) is 9.88 Å². The largest absolute Gasteiger partial charge is 0.496 e. The highest BCUT2D eigenvalue weighted by Gasteiger charge is 2.32. The Labute approximate surface area is 229 Å². The van der Waals surface area contributed by atoms with Crippen LogP contribution in [0.5, 0.6) is 5.75 Å². The maximum absolute atomic E-state index is 14.6. The van der Waals surface area contributed by atoms with E-state index in [1.54, 1.807) is 24.3 Å². The molecule has 198 valence electrons. The fourth-order valence-electron chi connectivity index (χ4n) is 5.13. The van der Waals surface area contributed by atoms with Crippen LogP contribution in [0.15, 0.2) is 48.7 Å². The van der Waals surface area contributed by atoms with Gasteiger partial charge in [0.25, 0.3) is 5.91 Å². The molecule has 0 saturated heterocycles. The first-order valence-electron chi connectivity index (χ1n) is 12.5. The zero-order chi connectivity index (χ0) is 27.0. The molecule has 2 aromatic heterocycles. The van der Waals surface area contributed by atoms with Gasteiger partial charge in [-0.1, -0.05) is 24.6 Å². The van der Waals surface area contributed by atoms with Crippen LogP contribution >= 0.6 is 22.9 Å². The van der Waals surface area contributed by atoms with Gasteiger partial charge in [0.05, 0.1) is 22.2 Å². The predicted octanol–water partition coefficient (Wildman–Crippen LogP) is 7.71. The number of benzene rings is 2. The lowest BCUT2D eigenvalue weighted by molar-refractivity contribution is 0.0597. The smallest absolute Gasteiger partial charge is 0.266 e. The van der Waals surface area contributed by atoms with Gasteiger partial charge in [-0.2, -0.15) is 0 Å². The average Bonchev–Trinajstić information content (AvgIpc) is 3.28. The third-order valence-corrected chi connectivity index (χ3v) is 8.98. The minimum atomic E-state index is -0.647. The van der Waals surface area contributed by atoms with Crippen molar-refractivity contribution in [3.63, 3.8) is 0 Å². The predicted molar refractivity (Wildman–Crippen MR) is 149 cm³/mol. The van der Waals surface area contributed by atoms with E-state index in [0.29, 0.717) is 17.5 Å². The number of amides is 1. The Hall–Kier alpha value is -3.23. The lowest BCUT2D eigenvalue weighted by Gasteiger charge is -2.36. The van der Waals surface area contributed by atoms with Gasteiger partial charge in [0.1, 0.15) is 28.1 Å². The first-order valence-corrected chi connectivity index (χ1v) is 13.7. The second kappa shape index (κ2) is 10.9. The summed E-state index contributed by atoms with van der Waals surface area (Å²) in [5, 5.41) is -0.0949. The number of hydrogen-bond donors (Lipinski definition) is 1. The minimum Gasteiger partial charge on any atom is -0.496 e. The van der Waals surface area contributed by atoms with Gasteiger partial charge in [-0.25, -0.2) is 13.8 Å². The summed E-state index contributed by atoms with van der Waals surface area (Å²) in [6.07, 6.45) is 5.36. The van der Waals surface area contributed by atoms with Gasteiger partial charge in [-0.15, -0.1) is 11.3 Å². The maximum Gasteiger partial charge on any atom is 0.266 e. The normalized spacial score (nSPS) is 17.5. The molecule has 9 heteroatoms. The molecule has 1 amide bonds. The first-order chi connectivity index (χ1) is 18.3. The molecule has 1 saturated carbocycles. The van der Waals surface area contributed by atoms with Crippen LogP contribution in [0.1, 0.15) is 47.8 Å². The number of nitrogen functional groups attached to an aromatic ring is 1. The molecular formula is C29H28ClF2N3O2S. The number of thiophene rings is 1. The van der Waals surface area contributed by atoms with Crippen molar-refractivity contribution in [2.45, 2.75) is 45.2 Å². The molecule has 5 rings (SSSR count). The van der Waals surface area contributed by atoms with E-state index in [1.807, 2.05) is 24.3 Å². The van der Waals surface area contributed by atoms with Crippen molar-refractivity contribution in [3.8, 4) is 16.9 Å². The molecule has 1 fully saturated rings. The Balaban J connectivity index is 1.56. The number of pyridine rings is 1. The second-order valence-electron chi connectivity index (χ2n) is 9.82. The van der Waals surface area contributed by atoms with Crippen LogP contribution in [0.2, 0.25) is 5.02 Å². The lowest BCUT2D eigenvalue weighted by Crippen LogP contribution is -2.41. The maximum atomic E-state index is 14.6.